The molecule has 28 heavy (non-hydrogen) atoms. The van der Waals surface area contributed by atoms with Crippen molar-refractivity contribution in [1.82, 2.24) is 4.98 Å². The van der Waals surface area contributed by atoms with Crippen molar-refractivity contribution in [2.75, 3.05) is 11.4 Å². The number of benzene rings is 3. The summed E-state index contributed by atoms with van der Waals surface area (Å²) in [4.78, 5) is 20.2. The van der Waals surface area contributed by atoms with Gasteiger partial charge in [0.1, 0.15) is 0 Å². The van der Waals surface area contributed by atoms with Gasteiger partial charge in [-0.1, -0.05) is 64.5 Å². The summed E-state index contributed by atoms with van der Waals surface area (Å²) in [5.74, 6) is 0.0295. The standard InChI is InChI=1S/C24H17BrN2O/c25-18-11-9-16(10-12-18)22-15-20(19-6-2-3-7-21(19)26-22)24(28)27-14-13-17-5-1-4-8-23(17)27/h1-12,15H,13-14H2. The Morgan fingerprint density at radius 3 is 2.54 bits per heavy atom. The number of pyridine rings is 1. The Balaban J connectivity index is 1.66. The molecule has 0 radical (unpaired) electrons. The number of carbonyl (C=O) groups is 1. The normalized spacial score (nSPS) is 13.0. The molecule has 0 saturated carbocycles. The second-order valence-corrected chi connectivity index (χ2v) is 7.83. The molecular weight excluding hydrogens is 412 g/mol. The van der Waals surface area contributed by atoms with Crippen LogP contribution in [0.25, 0.3) is 22.2 Å². The lowest BCUT2D eigenvalue weighted by Crippen LogP contribution is -2.29. The van der Waals surface area contributed by atoms with E-state index in [-0.39, 0.29) is 5.91 Å². The van der Waals surface area contributed by atoms with Gasteiger partial charge in [-0.05, 0) is 42.3 Å². The molecule has 1 amide bonds. The van der Waals surface area contributed by atoms with Gasteiger partial charge in [0.25, 0.3) is 5.91 Å². The van der Waals surface area contributed by atoms with E-state index in [1.807, 2.05) is 77.7 Å². The molecule has 0 atom stereocenters. The van der Waals surface area contributed by atoms with E-state index < -0.39 is 0 Å². The lowest BCUT2D eigenvalue weighted by molar-refractivity contribution is 0.0991. The van der Waals surface area contributed by atoms with Crippen LogP contribution >= 0.6 is 15.9 Å². The van der Waals surface area contributed by atoms with Crippen LogP contribution < -0.4 is 4.90 Å². The summed E-state index contributed by atoms with van der Waals surface area (Å²) < 4.78 is 1.02. The molecule has 4 aromatic rings. The third-order valence-corrected chi connectivity index (χ3v) is 5.75. The Morgan fingerprint density at radius 2 is 1.68 bits per heavy atom. The number of carbonyl (C=O) groups excluding carboxylic acids is 1. The predicted octanol–water partition coefficient (Wildman–Crippen LogP) is 5.87. The summed E-state index contributed by atoms with van der Waals surface area (Å²) in [6.45, 7) is 0.711. The molecule has 0 fully saturated rings. The van der Waals surface area contributed by atoms with Crippen LogP contribution in [0, 0.1) is 0 Å². The van der Waals surface area contributed by atoms with Gasteiger partial charge >= 0.3 is 0 Å². The number of hydrogen-bond donors (Lipinski definition) is 0. The number of nitrogens with zero attached hydrogens (tertiary/aromatic N) is 2. The monoisotopic (exact) mass is 428 g/mol. The van der Waals surface area contributed by atoms with Crippen molar-refractivity contribution >= 4 is 38.4 Å². The first-order valence-electron chi connectivity index (χ1n) is 9.26. The Kier molecular flexibility index (Phi) is 4.21. The van der Waals surface area contributed by atoms with Crippen LogP contribution in [0.5, 0.6) is 0 Å². The van der Waals surface area contributed by atoms with Crippen molar-refractivity contribution in [2.45, 2.75) is 6.42 Å². The van der Waals surface area contributed by atoms with E-state index in [2.05, 4.69) is 22.0 Å². The molecule has 4 heteroatoms. The van der Waals surface area contributed by atoms with Gasteiger partial charge in [0.2, 0.25) is 0 Å². The first kappa shape index (κ1) is 17.1. The van der Waals surface area contributed by atoms with E-state index in [1.165, 1.54) is 5.56 Å². The first-order chi connectivity index (χ1) is 13.7. The molecule has 3 aromatic carbocycles. The minimum absolute atomic E-state index is 0.0295. The number of para-hydroxylation sites is 2. The summed E-state index contributed by atoms with van der Waals surface area (Å²) in [6.07, 6.45) is 0.893. The topological polar surface area (TPSA) is 33.2 Å². The number of halogens is 1. The zero-order valence-corrected chi connectivity index (χ0v) is 16.7. The molecule has 0 aliphatic carbocycles. The van der Waals surface area contributed by atoms with Gasteiger partial charge in [0, 0.05) is 27.7 Å². The number of aromatic nitrogens is 1. The minimum Gasteiger partial charge on any atom is -0.308 e. The van der Waals surface area contributed by atoms with Gasteiger partial charge in [-0.25, -0.2) is 4.98 Å². The maximum atomic E-state index is 13.6. The van der Waals surface area contributed by atoms with E-state index in [9.17, 15) is 4.79 Å². The van der Waals surface area contributed by atoms with Crippen LogP contribution in [0.4, 0.5) is 5.69 Å². The maximum absolute atomic E-state index is 13.6. The molecule has 3 nitrogen and oxygen atoms in total. The molecule has 2 heterocycles. The summed E-state index contributed by atoms with van der Waals surface area (Å²) in [5, 5.41) is 0.887. The van der Waals surface area contributed by atoms with E-state index in [0.29, 0.717) is 12.1 Å². The average molecular weight is 429 g/mol. The van der Waals surface area contributed by atoms with Gasteiger partial charge < -0.3 is 4.90 Å². The largest absolute Gasteiger partial charge is 0.308 e. The van der Waals surface area contributed by atoms with Gasteiger partial charge in [-0.3, -0.25) is 4.79 Å². The minimum atomic E-state index is 0.0295. The van der Waals surface area contributed by atoms with Crippen LogP contribution in [0.15, 0.2) is 83.3 Å². The molecule has 1 aliphatic rings. The fourth-order valence-electron chi connectivity index (χ4n) is 3.82. The van der Waals surface area contributed by atoms with Crippen molar-refractivity contribution in [1.29, 1.82) is 0 Å². The van der Waals surface area contributed by atoms with Crippen LogP contribution in [0.3, 0.4) is 0 Å². The van der Waals surface area contributed by atoms with Crippen LogP contribution in [-0.4, -0.2) is 17.4 Å². The highest BCUT2D eigenvalue weighted by Crippen LogP contribution is 2.32. The summed E-state index contributed by atoms with van der Waals surface area (Å²) >= 11 is 3.47. The van der Waals surface area contributed by atoms with E-state index >= 15 is 0 Å². The third kappa shape index (κ3) is 2.90. The molecule has 0 spiro atoms. The fourth-order valence-corrected chi connectivity index (χ4v) is 4.08. The van der Waals surface area contributed by atoms with Gasteiger partial charge in [-0.15, -0.1) is 0 Å². The van der Waals surface area contributed by atoms with Gasteiger partial charge in [0.05, 0.1) is 16.8 Å². The molecule has 136 valence electrons. The van der Waals surface area contributed by atoms with Crippen LogP contribution in [0.2, 0.25) is 0 Å². The van der Waals surface area contributed by atoms with Gasteiger partial charge in [-0.2, -0.15) is 0 Å². The van der Waals surface area contributed by atoms with Crippen molar-refractivity contribution in [3.8, 4) is 11.3 Å². The van der Waals surface area contributed by atoms with Crippen LogP contribution in [0.1, 0.15) is 15.9 Å². The fraction of sp³-hybridized carbons (Fsp3) is 0.0833. The third-order valence-electron chi connectivity index (χ3n) is 5.22. The zero-order chi connectivity index (χ0) is 19.1. The van der Waals surface area contributed by atoms with Crippen molar-refractivity contribution in [2.24, 2.45) is 0 Å². The number of anilines is 1. The van der Waals surface area contributed by atoms with Crippen molar-refractivity contribution < 1.29 is 4.79 Å². The Hall–Kier alpha value is -2.98. The first-order valence-corrected chi connectivity index (χ1v) is 10.1. The van der Waals surface area contributed by atoms with E-state index in [4.69, 9.17) is 4.98 Å². The van der Waals surface area contributed by atoms with E-state index in [1.54, 1.807) is 0 Å². The molecule has 5 rings (SSSR count). The Bertz CT molecular complexity index is 1200. The molecule has 0 bridgehead atoms. The lowest BCUT2D eigenvalue weighted by atomic mass is 10.0. The zero-order valence-electron chi connectivity index (χ0n) is 15.1. The predicted molar refractivity (Wildman–Crippen MR) is 117 cm³/mol. The lowest BCUT2D eigenvalue weighted by Gasteiger charge is -2.19. The summed E-state index contributed by atoms with van der Waals surface area (Å²) in [6, 6.07) is 25.9. The van der Waals surface area contributed by atoms with Crippen molar-refractivity contribution in [3.05, 3.63) is 94.5 Å². The van der Waals surface area contributed by atoms with E-state index in [0.717, 1.165) is 38.7 Å². The number of amides is 1. The summed E-state index contributed by atoms with van der Waals surface area (Å²) in [5.41, 5.74) is 5.56. The Morgan fingerprint density at radius 1 is 0.929 bits per heavy atom. The average Bonchev–Trinajstić information content (AvgIpc) is 3.17. The highest BCUT2D eigenvalue weighted by molar-refractivity contribution is 9.10. The SMILES string of the molecule is O=C(c1cc(-c2ccc(Br)cc2)nc2ccccc12)N1CCc2ccccc21. The second-order valence-electron chi connectivity index (χ2n) is 6.91. The van der Waals surface area contributed by atoms with Crippen molar-refractivity contribution in [3.63, 3.8) is 0 Å². The molecule has 0 N–H and O–H groups in total. The number of hydrogen-bond acceptors (Lipinski definition) is 2. The Labute approximate surface area is 171 Å². The molecule has 1 aliphatic heterocycles. The van der Waals surface area contributed by atoms with Gasteiger partial charge in [0.15, 0.2) is 0 Å². The molecule has 1 aromatic heterocycles. The highest BCUT2D eigenvalue weighted by Gasteiger charge is 2.26. The second kappa shape index (κ2) is 6.88. The molecule has 0 saturated heterocycles. The number of rotatable bonds is 2. The molecular formula is C24H17BrN2O. The molecule has 0 unspecified atom stereocenters. The number of fused-ring (bicyclic) bond motifs is 2. The maximum Gasteiger partial charge on any atom is 0.259 e. The van der Waals surface area contributed by atoms with Crippen LogP contribution in [-0.2, 0) is 6.42 Å². The smallest absolute Gasteiger partial charge is 0.259 e. The quantitative estimate of drug-likeness (QED) is 0.400. The highest BCUT2D eigenvalue weighted by atomic mass is 79.9. The summed E-state index contributed by atoms with van der Waals surface area (Å²) in [7, 11) is 0.